The molecule has 0 aliphatic carbocycles. The zero-order chi connectivity index (χ0) is 13.1. The third kappa shape index (κ3) is 3.83. The minimum atomic E-state index is -0.685. The van der Waals surface area contributed by atoms with Crippen LogP contribution < -0.4 is 11.1 Å². The molecular formula is C11H20N4O2. The van der Waals surface area contributed by atoms with Gasteiger partial charge in [-0.1, -0.05) is 20.8 Å². The summed E-state index contributed by atoms with van der Waals surface area (Å²) in [5.41, 5.74) is 6.51. The lowest BCUT2D eigenvalue weighted by atomic mass is 9.92. The van der Waals surface area contributed by atoms with Crippen LogP contribution in [0.4, 0.5) is 5.82 Å². The number of nitrogens with zero attached hydrogens (tertiary/aromatic N) is 1. The first-order valence-corrected chi connectivity index (χ1v) is 5.46. The number of anilines is 1. The molecule has 6 heteroatoms. The summed E-state index contributed by atoms with van der Waals surface area (Å²) in [7, 11) is 1.50. The number of ether oxygens (including phenoxy) is 1. The Morgan fingerprint density at radius 3 is 2.76 bits per heavy atom. The van der Waals surface area contributed by atoms with Gasteiger partial charge in [-0.05, 0) is 0 Å². The molecular weight excluding hydrogens is 220 g/mol. The summed E-state index contributed by atoms with van der Waals surface area (Å²) in [6, 6.07) is 1.12. The fraction of sp³-hybridized carbons (Fsp3) is 0.636. The smallest absolute Gasteiger partial charge is 0.244 e. The number of methoxy groups -OCH3 is 1. The number of hydrogen-bond donors (Lipinski definition) is 3. The molecule has 0 saturated carbocycles. The van der Waals surface area contributed by atoms with Crippen LogP contribution in [-0.4, -0.2) is 35.9 Å². The average Bonchev–Trinajstić information content (AvgIpc) is 2.66. The highest BCUT2D eigenvalue weighted by Crippen LogP contribution is 2.21. The first-order chi connectivity index (χ1) is 7.84. The molecule has 1 unspecified atom stereocenters. The van der Waals surface area contributed by atoms with Crippen molar-refractivity contribution in [2.45, 2.75) is 32.2 Å². The molecule has 0 bridgehead atoms. The molecule has 0 aromatic carbocycles. The summed E-state index contributed by atoms with van der Waals surface area (Å²) in [6.07, 6.45) is 0. The van der Waals surface area contributed by atoms with Crippen molar-refractivity contribution in [3.8, 4) is 0 Å². The SMILES string of the molecule is COCC(N)C(=O)Nc1cc(C(C)(C)C)[nH]n1. The molecule has 96 valence electrons. The second kappa shape index (κ2) is 5.29. The van der Waals surface area contributed by atoms with E-state index in [9.17, 15) is 4.79 Å². The van der Waals surface area contributed by atoms with E-state index in [1.54, 1.807) is 6.07 Å². The molecule has 0 spiro atoms. The van der Waals surface area contributed by atoms with E-state index < -0.39 is 6.04 Å². The fourth-order valence-corrected chi connectivity index (χ4v) is 1.24. The van der Waals surface area contributed by atoms with Gasteiger partial charge in [0.25, 0.3) is 0 Å². The van der Waals surface area contributed by atoms with Crippen molar-refractivity contribution >= 4 is 11.7 Å². The number of nitrogens with one attached hydrogen (secondary N) is 2. The molecule has 4 N–H and O–H groups in total. The van der Waals surface area contributed by atoms with E-state index in [0.717, 1.165) is 5.69 Å². The number of carbonyl (C=O) groups excluding carboxylic acids is 1. The Morgan fingerprint density at radius 1 is 1.65 bits per heavy atom. The molecule has 0 aliphatic heterocycles. The molecule has 1 aromatic heterocycles. The van der Waals surface area contributed by atoms with Crippen LogP contribution >= 0.6 is 0 Å². The number of amides is 1. The molecule has 1 heterocycles. The summed E-state index contributed by atoms with van der Waals surface area (Å²) in [5.74, 6) is 0.172. The number of hydrogen-bond acceptors (Lipinski definition) is 4. The van der Waals surface area contributed by atoms with Gasteiger partial charge in [0.1, 0.15) is 6.04 Å². The van der Waals surface area contributed by atoms with Crippen LogP contribution in [-0.2, 0) is 14.9 Å². The molecule has 0 radical (unpaired) electrons. The maximum absolute atomic E-state index is 11.6. The van der Waals surface area contributed by atoms with Crippen LogP contribution in [0.25, 0.3) is 0 Å². The minimum absolute atomic E-state index is 0.0371. The number of nitrogens with two attached hydrogens (primary N) is 1. The van der Waals surface area contributed by atoms with Gasteiger partial charge in [-0.25, -0.2) is 0 Å². The molecule has 1 aromatic rings. The third-order valence-corrected chi connectivity index (χ3v) is 2.32. The zero-order valence-electron chi connectivity index (χ0n) is 10.7. The molecule has 1 atom stereocenters. The summed E-state index contributed by atoms with van der Waals surface area (Å²) in [5, 5.41) is 9.53. The molecule has 1 amide bonds. The van der Waals surface area contributed by atoms with Crippen molar-refractivity contribution < 1.29 is 9.53 Å². The van der Waals surface area contributed by atoms with E-state index in [2.05, 4.69) is 36.3 Å². The van der Waals surface area contributed by atoms with Crippen molar-refractivity contribution in [2.75, 3.05) is 19.0 Å². The fourth-order valence-electron chi connectivity index (χ4n) is 1.24. The quantitative estimate of drug-likeness (QED) is 0.719. The van der Waals surface area contributed by atoms with Gasteiger partial charge < -0.3 is 15.8 Å². The van der Waals surface area contributed by atoms with Crippen LogP contribution in [0, 0.1) is 0 Å². The minimum Gasteiger partial charge on any atom is -0.383 e. The van der Waals surface area contributed by atoms with Gasteiger partial charge in [0.15, 0.2) is 5.82 Å². The van der Waals surface area contributed by atoms with Crippen LogP contribution in [0.3, 0.4) is 0 Å². The third-order valence-electron chi connectivity index (χ3n) is 2.32. The van der Waals surface area contributed by atoms with Gasteiger partial charge >= 0.3 is 0 Å². The van der Waals surface area contributed by atoms with Crippen molar-refractivity contribution in [3.63, 3.8) is 0 Å². The predicted molar refractivity (Wildman–Crippen MR) is 65.8 cm³/mol. The summed E-state index contributed by atoms with van der Waals surface area (Å²) < 4.78 is 4.81. The largest absolute Gasteiger partial charge is 0.383 e. The summed E-state index contributed by atoms with van der Waals surface area (Å²) in [6.45, 7) is 6.36. The first-order valence-electron chi connectivity index (χ1n) is 5.46. The van der Waals surface area contributed by atoms with Crippen molar-refractivity contribution in [1.29, 1.82) is 0 Å². The van der Waals surface area contributed by atoms with Gasteiger partial charge in [0.2, 0.25) is 5.91 Å². The van der Waals surface area contributed by atoms with Gasteiger partial charge in [0, 0.05) is 24.3 Å². The van der Waals surface area contributed by atoms with Crippen molar-refractivity contribution in [3.05, 3.63) is 11.8 Å². The lowest BCUT2D eigenvalue weighted by Crippen LogP contribution is -2.39. The van der Waals surface area contributed by atoms with Crippen LogP contribution in [0.5, 0.6) is 0 Å². The monoisotopic (exact) mass is 240 g/mol. The van der Waals surface area contributed by atoms with E-state index in [4.69, 9.17) is 10.5 Å². The van der Waals surface area contributed by atoms with E-state index >= 15 is 0 Å². The highest BCUT2D eigenvalue weighted by atomic mass is 16.5. The summed E-state index contributed by atoms with van der Waals surface area (Å²) in [4.78, 5) is 11.6. The van der Waals surface area contributed by atoms with E-state index in [-0.39, 0.29) is 17.9 Å². The van der Waals surface area contributed by atoms with Crippen molar-refractivity contribution in [1.82, 2.24) is 10.2 Å². The van der Waals surface area contributed by atoms with Gasteiger partial charge in [0.05, 0.1) is 6.61 Å². The van der Waals surface area contributed by atoms with E-state index in [1.165, 1.54) is 7.11 Å². The van der Waals surface area contributed by atoms with Gasteiger partial charge in [-0.3, -0.25) is 9.89 Å². The zero-order valence-corrected chi connectivity index (χ0v) is 10.7. The molecule has 6 nitrogen and oxygen atoms in total. The Hall–Kier alpha value is -1.40. The lowest BCUT2D eigenvalue weighted by molar-refractivity contribution is -0.118. The van der Waals surface area contributed by atoms with Crippen LogP contribution in [0.1, 0.15) is 26.5 Å². The lowest BCUT2D eigenvalue weighted by Gasteiger charge is -2.14. The Bertz CT molecular complexity index is 381. The second-order valence-electron chi connectivity index (χ2n) is 4.97. The number of carbonyl (C=O) groups is 1. The number of H-pyrrole nitrogens is 1. The van der Waals surface area contributed by atoms with E-state index in [0.29, 0.717) is 5.82 Å². The van der Waals surface area contributed by atoms with Crippen molar-refractivity contribution in [2.24, 2.45) is 5.73 Å². The Morgan fingerprint density at radius 2 is 2.29 bits per heavy atom. The maximum atomic E-state index is 11.6. The Balaban J connectivity index is 2.64. The normalized spacial score (nSPS) is 13.5. The first kappa shape index (κ1) is 13.7. The number of aromatic nitrogens is 2. The maximum Gasteiger partial charge on any atom is 0.244 e. The Kier molecular flexibility index (Phi) is 4.25. The molecule has 1 rings (SSSR count). The highest BCUT2D eigenvalue weighted by molar-refractivity contribution is 5.94. The number of aromatic amines is 1. The van der Waals surface area contributed by atoms with Gasteiger partial charge in [-0.2, -0.15) is 5.10 Å². The Labute approximate surface area is 101 Å². The molecule has 0 saturated heterocycles. The highest BCUT2D eigenvalue weighted by Gasteiger charge is 2.19. The molecule has 17 heavy (non-hydrogen) atoms. The van der Waals surface area contributed by atoms with Crippen LogP contribution in [0.2, 0.25) is 0 Å². The predicted octanol–water partition coefficient (Wildman–Crippen LogP) is 0.619. The second-order valence-corrected chi connectivity index (χ2v) is 4.97. The van der Waals surface area contributed by atoms with Crippen LogP contribution in [0.15, 0.2) is 6.07 Å². The standard InChI is InChI=1S/C11H20N4O2/c1-11(2,3)8-5-9(15-14-8)13-10(16)7(12)6-17-4/h5,7H,6,12H2,1-4H3,(H2,13,14,15,16). The molecule has 0 fully saturated rings. The average molecular weight is 240 g/mol. The summed E-state index contributed by atoms with van der Waals surface area (Å²) >= 11 is 0. The topological polar surface area (TPSA) is 93.0 Å². The molecule has 0 aliphatic rings. The van der Waals surface area contributed by atoms with Gasteiger partial charge in [-0.15, -0.1) is 0 Å². The number of rotatable bonds is 4. The van der Waals surface area contributed by atoms with E-state index in [1.807, 2.05) is 0 Å².